The van der Waals surface area contributed by atoms with E-state index in [0.717, 1.165) is 50.7 Å². The summed E-state index contributed by atoms with van der Waals surface area (Å²) in [6, 6.07) is 2.81. The standard InChI is InChI=1S/C31H44F3N7O2/c1-17(42)36-25-16-21(40-30(2,3)4)10-12-26(25)41-14-13-24(29(41)43)38-28-22-15-19(31(32,33)34)7-11-23(22)37-27(39-28)18-5-8-20(35)9-6-18/h7,11,15,18,20-21,24-26,40H,5-6,8-10,12-14,16,35H2,1-4H3,(H,36,42)(H,37,38,39)/t18?,20?,21-,24?,25-,26+/m1/s1. The van der Waals surface area contributed by atoms with E-state index in [4.69, 9.17) is 10.7 Å². The predicted molar refractivity (Wildman–Crippen MR) is 159 cm³/mol. The number of hydrogen-bond donors (Lipinski definition) is 4. The van der Waals surface area contributed by atoms with Crippen LogP contribution in [0.1, 0.15) is 96.4 Å². The number of carbonyl (C=O) groups excluding carboxylic acids is 2. The summed E-state index contributed by atoms with van der Waals surface area (Å²) in [5.41, 5.74) is 5.64. The van der Waals surface area contributed by atoms with Crippen LogP contribution in [0.2, 0.25) is 0 Å². The van der Waals surface area contributed by atoms with Crippen LogP contribution in [-0.4, -0.2) is 69.0 Å². The van der Waals surface area contributed by atoms with E-state index in [-0.39, 0.29) is 58.6 Å². The first-order valence-corrected chi connectivity index (χ1v) is 15.4. The van der Waals surface area contributed by atoms with Crippen molar-refractivity contribution in [3.63, 3.8) is 0 Å². The number of nitrogens with zero attached hydrogens (tertiary/aromatic N) is 3. The molecule has 1 saturated heterocycles. The summed E-state index contributed by atoms with van der Waals surface area (Å²) >= 11 is 0. The van der Waals surface area contributed by atoms with Gasteiger partial charge >= 0.3 is 6.18 Å². The van der Waals surface area contributed by atoms with E-state index < -0.39 is 17.8 Å². The monoisotopic (exact) mass is 603 g/mol. The van der Waals surface area contributed by atoms with Crippen LogP contribution in [0.25, 0.3) is 10.9 Å². The summed E-state index contributed by atoms with van der Waals surface area (Å²) in [6.07, 6.45) is 1.53. The molecule has 1 unspecified atom stereocenters. The normalized spacial score (nSPS) is 28.7. The van der Waals surface area contributed by atoms with Crippen molar-refractivity contribution >= 4 is 28.5 Å². The zero-order valence-electron chi connectivity index (χ0n) is 25.4. The fourth-order valence-electron chi connectivity index (χ4n) is 7.01. The molecule has 1 aromatic heterocycles. The first kappa shape index (κ1) is 31.4. The molecule has 2 amide bonds. The highest BCUT2D eigenvalue weighted by Gasteiger charge is 2.43. The van der Waals surface area contributed by atoms with Crippen molar-refractivity contribution in [1.82, 2.24) is 25.5 Å². The van der Waals surface area contributed by atoms with Crippen molar-refractivity contribution in [3.05, 3.63) is 29.6 Å². The molecule has 2 heterocycles. The summed E-state index contributed by atoms with van der Waals surface area (Å²) in [5, 5.41) is 10.2. The quantitative estimate of drug-likeness (QED) is 0.384. The Balaban J connectivity index is 1.40. The van der Waals surface area contributed by atoms with Gasteiger partial charge < -0.3 is 26.6 Å². The summed E-state index contributed by atoms with van der Waals surface area (Å²) in [5.74, 6) is 0.596. The number of likely N-dealkylation sites (tertiary alicyclic amines) is 1. The van der Waals surface area contributed by atoms with Crippen LogP contribution in [0, 0.1) is 0 Å². The fourth-order valence-corrected chi connectivity index (χ4v) is 7.01. The number of nitrogens with one attached hydrogen (secondary N) is 3. The molecule has 0 radical (unpaired) electrons. The maximum atomic E-state index is 13.8. The highest BCUT2D eigenvalue weighted by Crippen LogP contribution is 2.37. The zero-order valence-corrected chi connectivity index (χ0v) is 25.4. The van der Waals surface area contributed by atoms with Gasteiger partial charge in [-0.05, 0) is 90.3 Å². The molecule has 9 nitrogen and oxygen atoms in total. The minimum absolute atomic E-state index is 0.0538. The Morgan fingerprint density at radius 2 is 1.74 bits per heavy atom. The molecule has 3 fully saturated rings. The third kappa shape index (κ3) is 7.39. The van der Waals surface area contributed by atoms with Crippen LogP contribution in [0.3, 0.4) is 0 Å². The lowest BCUT2D eigenvalue weighted by atomic mass is 9.84. The Kier molecular flexibility index (Phi) is 8.91. The molecular weight excluding hydrogens is 559 g/mol. The number of aromatic nitrogens is 2. The first-order chi connectivity index (χ1) is 20.2. The average molecular weight is 604 g/mol. The van der Waals surface area contributed by atoms with Crippen LogP contribution in [0.4, 0.5) is 19.0 Å². The van der Waals surface area contributed by atoms with Crippen molar-refractivity contribution < 1.29 is 22.8 Å². The van der Waals surface area contributed by atoms with Gasteiger partial charge in [0.1, 0.15) is 17.7 Å². The molecule has 236 valence electrons. The summed E-state index contributed by atoms with van der Waals surface area (Å²) in [4.78, 5) is 37.2. The second-order valence-electron chi connectivity index (χ2n) is 13.6. The summed E-state index contributed by atoms with van der Waals surface area (Å²) in [6.45, 7) is 8.29. The van der Waals surface area contributed by atoms with Crippen LogP contribution in [0.5, 0.6) is 0 Å². The smallest absolute Gasteiger partial charge is 0.358 e. The fraction of sp³-hybridized carbons (Fsp3) is 0.677. The molecule has 12 heteroatoms. The highest BCUT2D eigenvalue weighted by molar-refractivity contribution is 5.93. The summed E-state index contributed by atoms with van der Waals surface area (Å²) in [7, 11) is 0. The van der Waals surface area contributed by atoms with E-state index in [0.29, 0.717) is 30.7 Å². The number of anilines is 1. The Morgan fingerprint density at radius 3 is 2.40 bits per heavy atom. The van der Waals surface area contributed by atoms with E-state index in [1.54, 1.807) is 0 Å². The molecular formula is C31H44F3N7O2. The van der Waals surface area contributed by atoms with Gasteiger partial charge in [0, 0.05) is 42.4 Å². The number of hydrogen-bond acceptors (Lipinski definition) is 7. The number of nitrogens with two attached hydrogens (primary N) is 1. The molecule has 0 bridgehead atoms. The topological polar surface area (TPSA) is 125 Å². The first-order valence-electron chi connectivity index (χ1n) is 15.4. The molecule has 5 N–H and O–H groups in total. The third-order valence-corrected chi connectivity index (χ3v) is 8.97. The lowest BCUT2D eigenvalue weighted by Crippen LogP contribution is -2.59. The maximum Gasteiger partial charge on any atom is 0.416 e. The van der Waals surface area contributed by atoms with E-state index in [2.05, 4.69) is 41.7 Å². The number of halogens is 3. The molecule has 2 saturated carbocycles. The van der Waals surface area contributed by atoms with E-state index >= 15 is 0 Å². The van der Waals surface area contributed by atoms with E-state index in [9.17, 15) is 22.8 Å². The molecule has 3 aliphatic rings. The Bertz CT molecular complexity index is 1340. The van der Waals surface area contributed by atoms with Gasteiger partial charge in [-0.15, -0.1) is 0 Å². The maximum absolute atomic E-state index is 13.8. The van der Waals surface area contributed by atoms with Gasteiger partial charge in [0.2, 0.25) is 11.8 Å². The third-order valence-electron chi connectivity index (χ3n) is 8.97. The van der Waals surface area contributed by atoms with Crippen molar-refractivity contribution in [1.29, 1.82) is 0 Å². The van der Waals surface area contributed by atoms with Crippen molar-refractivity contribution in [3.8, 4) is 0 Å². The average Bonchev–Trinajstić information content (AvgIpc) is 3.26. The second-order valence-corrected chi connectivity index (χ2v) is 13.6. The lowest BCUT2D eigenvalue weighted by molar-refractivity contribution is -0.137. The van der Waals surface area contributed by atoms with Gasteiger partial charge in [-0.1, -0.05) is 0 Å². The Morgan fingerprint density at radius 1 is 1.02 bits per heavy atom. The SMILES string of the molecule is CC(=O)N[C@@H]1C[C@H](NC(C)(C)C)CC[C@@H]1N1CCC(Nc2nc(C3CCC(N)CC3)nc3ccc(C(F)(F)F)cc23)C1=O. The molecule has 4 atom stereocenters. The van der Waals surface area contributed by atoms with Crippen molar-refractivity contribution in [2.45, 2.75) is 127 Å². The number of carbonyl (C=O) groups is 2. The van der Waals surface area contributed by atoms with Gasteiger partial charge in [0.25, 0.3) is 0 Å². The van der Waals surface area contributed by atoms with Gasteiger partial charge in [-0.2, -0.15) is 13.2 Å². The number of amides is 2. The second kappa shape index (κ2) is 12.2. The zero-order chi connectivity index (χ0) is 31.1. The Labute approximate surface area is 250 Å². The van der Waals surface area contributed by atoms with Crippen molar-refractivity contribution in [2.75, 3.05) is 11.9 Å². The van der Waals surface area contributed by atoms with Crippen molar-refractivity contribution in [2.24, 2.45) is 5.73 Å². The van der Waals surface area contributed by atoms with Crippen LogP contribution in [-0.2, 0) is 15.8 Å². The molecule has 5 rings (SSSR count). The van der Waals surface area contributed by atoms with Crippen LogP contribution in [0.15, 0.2) is 18.2 Å². The highest BCUT2D eigenvalue weighted by atomic mass is 19.4. The molecule has 2 aliphatic carbocycles. The van der Waals surface area contributed by atoms with Gasteiger partial charge in [-0.25, -0.2) is 9.97 Å². The number of rotatable bonds is 6. The minimum atomic E-state index is -4.52. The summed E-state index contributed by atoms with van der Waals surface area (Å²) < 4.78 is 41.0. The van der Waals surface area contributed by atoms with Gasteiger partial charge in [0.05, 0.1) is 23.2 Å². The predicted octanol–water partition coefficient (Wildman–Crippen LogP) is 4.46. The van der Waals surface area contributed by atoms with E-state index in [1.165, 1.54) is 13.0 Å². The Hall–Kier alpha value is -2.99. The van der Waals surface area contributed by atoms with Crippen LogP contribution >= 0.6 is 0 Å². The number of alkyl halides is 3. The largest absolute Gasteiger partial charge is 0.416 e. The molecule has 2 aromatic rings. The number of fused-ring (bicyclic) bond motifs is 1. The molecule has 1 aliphatic heterocycles. The van der Waals surface area contributed by atoms with Gasteiger partial charge in [0.15, 0.2) is 0 Å². The molecule has 0 spiro atoms. The van der Waals surface area contributed by atoms with E-state index in [1.807, 2.05) is 4.90 Å². The number of benzene rings is 1. The van der Waals surface area contributed by atoms with Crippen LogP contribution < -0.4 is 21.7 Å². The minimum Gasteiger partial charge on any atom is -0.358 e. The molecule has 43 heavy (non-hydrogen) atoms. The molecule has 1 aromatic carbocycles. The lowest BCUT2D eigenvalue weighted by Gasteiger charge is -2.43. The van der Waals surface area contributed by atoms with Gasteiger partial charge in [-0.3, -0.25) is 9.59 Å².